The van der Waals surface area contributed by atoms with Gasteiger partial charge in [-0.25, -0.2) is 0 Å². The number of hydrogen-bond donors (Lipinski definition) is 0. The molecule has 1 saturated carbocycles. The second-order valence-electron chi connectivity index (χ2n) is 8.86. The van der Waals surface area contributed by atoms with Crippen molar-refractivity contribution in [3.05, 3.63) is 24.3 Å². The van der Waals surface area contributed by atoms with Gasteiger partial charge in [0.2, 0.25) is 10.2 Å². The minimum atomic E-state index is 0.150. The molecule has 34 heavy (non-hydrogen) atoms. The Bertz CT molecular complexity index is 662. The van der Waals surface area contributed by atoms with Crippen LogP contribution in [0.5, 0.6) is 0 Å². The molecular formula is C24H36O2S8. The second kappa shape index (κ2) is 15.9. The Morgan fingerprint density at radius 2 is 1.09 bits per heavy atom. The maximum Gasteiger partial charge on any atom is 0.214 e. The zero-order valence-electron chi connectivity index (χ0n) is 20.0. The Hall–Kier alpha value is 1.62. The molecule has 4 unspecified atom stereocenters. The van der Waals surface area contributed by atoms with Gasteiger partial charge in [0.25, 0.3) is 0 Å². The number of carbonyl (C=O) groups is 2. The summed E-state index contributed by atoms with van der Waals surface area (Å²) in [4.78, 5) is 23.5. The van der Waals surface area contributed by atoms with E-state index in [1.165, 1.54) is 72.2 Å². The van der Waals surface area contributed by atoms with Crippen molar-refractivity contribution in [2.75, 3.05) is 34.5 Å². The average Bonchev–Trinajstić information content (AvgIpc) is 3.48. The Morgan fingerprint density at radius 3 is 1.44 bits per heavy atom. The summed E-state index contributed by atoms with van der Waals surface area (Å²) >= 11 is 15.6. The predicted octanol–water partition coefficient (Wildman–Crippen LogP) is 7.79. The van der Waals surface area contributed by atoms with Gasteiger partial charge in [0, 0.05) is 55.5 Å². The van der Waals surface area contributed by atoms with Crippen molar-refractivity contribution in [1.82, 2.24) is 0 Å². The molecule has 2 heterocycles. The molecule has 2 aliphatic heterocycles. The first kappa shape index (κ1) is 30.2. The van der Waals surface area contributed by atoms with E-state index in [4.69, 9.17) is 0 Å². The van der Waals surface area contributed by atoms with Crippen LogP contribution in [0.3, 0.4) is 0 Å². The molecular weight excluding hydrogens is 577 g/mol. The average molecular weight is 613 g/mol. The third-order valence-corrected chi connectivity index (χ3v) is 18.8. The molecule has 10 heteroatoms. The van der Waals surface area contributed by atoms with Crippen LogP contribution in [0.25, 0.3) is 0 Å². The zero-order chi connectivity index (χ0) is 24.5. The molecule has 3 rings (SSSR count). The summed E-state index contributed by atoms with van der Waals surface area (Å²) in [5.74, 6) is 6.70. The molecule has 1 aliphatic carbocycles. The van der Waals surface area contributed by atoms with Crippen LogP contribution in [-0.4, -0.2) is 74.9 Å². The summed E-state index contributed by atoms with van der Waals surface area (Å²) in [7, 11) is 0. The molecule has 0 aromatic heterocycles. The van der Waals surface area contributed by atoms with Crippen molar-refractivity contribution in [2.45, 2.75) is 69.7 Å². The van der Waals surface area contributed by atoms with E-state index in [-0.39, 0.29) is 10.2 Å². The standard InChI is InChI=1S/C24H36O2S8/c1-15(2)23(25)31-11-19-9-29-21(33-19)13-27-17-5-7-18(8-6-17)28-14-22-30-10-20(34-22)12-32-24(26)16(3)4/h17-22H,1,3,5-14H2,2,4H3. The highest BCUT2D eigenvalue weighted by atomic mass is 32.2. The molecule has 3 fully saturated rings. The normalized spacial score (nSPS) is 31.5. The maximum atomic E-state index is 11.8. The van der Waals surface area contributed by atoms with E-state index in [2.05, 4.69) is 83.7 Å². The molecule has 3 aliphatic rings. The van der Waals surface area contributed by atoms with Gasteiger partial charge in [0.1, 0.15) is 0 Å². The first-order chi connectivity index (χ1) is 16.3. The van der Waals surface area contributed by atoms with Crippen LogP contribution in [0.1, 0.15) is 39.5 Å². The Kier molecular flexibility index (Phi) is 14.1. The van der Waals surface area contributed by atoms with E-state index >= 15 is 0 Å². The quantitative estimate of drug-likeness (QED) is 0.204. The topological polar surface area (TPSA) is 34.1 Å². The Morgan fingerprint density at radius 1 is 0.706 bits per heavy atom. The van der Waals surface area contributed by atoms with Crippen LogP contribution in [0.15, 0.2) is 24.3 Å². The van der Waals surface area contributed by atoms with Gasteiger partial charge in [0.05, 0.1) is 9.16 Å². The highest BCUT2D eigenvalue weighted by Gasteiger charge is 2.30. The first-order valence-electron chi connectivity index (χ1n) is 11.7. The van der Waals surface area contributed by atoms with E-state index in [1.807, 2.05) is 0 Å². The van der Waals surface area contributed by atoms with Gasteiger partial charge in [-0.1, -0.05) is 36.7 Å². The van der Waals surface area contributed by atoms with Crippen LogP contribution >= 0.6 is 94.1 Å². The molecule has 0 aromatic carbocycles. The molecule has 0 radical (unpaired) electrons. The molecule has 192 valence electrons. The van der Waals surface area contributed by atoms with Crippen LogP contribution in [-0.2, 0) is 9.59 Å². The van der Waals surface area contributed by atoms with Crippen LogP contribution in [0.2, 0.25) is 0 Å². The van der Waals surface area contributed by atoms with E-state index in [1.54, 1.807) is 13.8 Å². The lowest BCUT2D eigenvalue weighted by molar-refractivity contribution is -0.108. The van der Waals surface area contributed by atoms with Gasteiger partial charge in [-0.15, -0.1) is 47.0 Å². The summed E-state index contributed by atoms with van der Waals surface area (Å²) in [6.07, 6.45) is 5.46. The van der Waals surface area contributed by atoms with Crippen molar-refractivity contribution in [3.8, 4) is 0 Å². The van der Waals surface area contributed by atoms with Gasteiger partial charge in [-0.2, -0.15) is 23.5 Å². The highest BCUT2D eigenvalue weighted by molar-refractivity contribution is 8.23. The monoisotopic (exact) mass is 612 g/mol. The molecule has 0 spiro atoms. The number of carbonyl (C=O) groups excluding carboxylic acids is 2. The van der Waals surface area contributed by atoms with Gasteiger partial charge < -0.3 is 0 Å². The van der Waals surface area contributed by atoms with E-state index in [0.29, 0.717) is 30.8 Å². The van der Waals surface area contributed by atoms with E-state index in [0.717, 1.165) is 22.0 Å². The van der Waals surface area contributed by atoms with Crippen LogP contribution < -0.4 is 0 Å². The molecule has 0 N–H and O–H groups in total. The number of rotatable bonds is 12. The molecule has 0 bridgehead atoms. The minimum absolute atomic E-state index is 0.150. The fourth-order valence-electron chi connectivity index (χ4n) is 3.74. The van der Waals surface area contributed by atoms with E-state index < -0.39 is 0 Å². The van der Waals surface area contributed by atoms with Gasteiger partial charge in [0.15, 0.2) is 0 Å². The predicted molar refractivity (Wildman–Crippen MR) is 171 cm³/mol. The summed E-state index contributed by atoms with van der Waals surface area (Å²) in [5.41, 5.74) is 1.33. The Labute approximate surface area is 240 Å². The van der Waals surface area contributed by atoms with Gasteiger partial charge >= 0.3 is 0 Å². The third-order valence-electron chi connectivity index (χ3n) is 5.68. The van der Waals surface area contributed by atoms with Crippen molar-refractivity contribution < 1.29 is 9.59 Å². The number of thioether (sulfide) groups is 8. The van der Waals surface area contributed by atoms with Gasteiger partial charge in [-0.05, 0) is 50.7 Å². The van der Waals surface area contributed by atoms with E-state index in [9.17, 15) is 9.59 Å². The summed E-state index contributed by atoms with van der Waals surface area (Å²) in [6, 6.07) is 0. The van der Waals surface area contributed by atoms with Crippen LogP contribution in [0, 0.1) is 0 Å². The molecule has 0 amide bonds. The molecule has 2 saturated heterocycles. The van der Waals surface area contributed by atoms with Crippen molar-refractivity contribution in [2.24, 2.45) is 0 Å². The largest absolute Gasteiger partial charge is 0.282 e. The van der Waals surface area contributed by atoms with Crippen molar-refractivity contribution >= 4 is 104 Å². The van der Waals surface area contributed by atoms with Crippen LogP contribution in [0.4, 0.5) is 0 Å². The van der Waals surface area contributed by atoms with Crippen molar-refractivity contribution in [3.63, 3.8) is 0 Å². The molecule has 2 nitrogen and oxygen atoms in total. The first-order valence-corrected chi connectivity index (χ1v) is 19.8. The summed E-state index contributed by atoms with van der Waals surface area (Å²) in [6.45, 7) is 11.1. The lowest BCUT2D eigenvalue weighted by Gasteiger charge is -2.29. The molecule has 0 aromatic rings. The maximum absolute atomic E-state index is 11.8. The lowest BCUT2D eigenvalue weighted by Crippen LogP contribution is -2.20. The molecule has 4 atom stereocenters. The second-order valence-corrected chi connectivity index (χ2v) is 19.6. The fraction of sp³-hybridized carbons (Fsp3) is 0.750. The number of hydrogen-bond acceptors (Lipinski definition) is 10. The zero-order valence-corrected chi connectivity index (χ0v) is 26.6. The summed E-state index contributed by atoms with van der Waals surface area (Å²) in [5, 5.41) is 3.17. The summed E-state index contributed by atoms with van der Waals surface area (Å²) < 4.78 is 1.38. The SMILES string of the molecule is C=C(C)C(=O)SCC1CSC(CSC2CCC(SCC3SCC(CSC(=O)C(=C)C)S3)CC2)S1. The minimum Gasteiger partial charge on any atom is -0.282 e. The van der Waals surface area contributed by atoms with Gasteiger partial charge in [-0.3, -0.25) is 9.59 Å². The fourth-order valence-corrected chi connectivity index (χ4v) is 16.0. The lowest BCUT2D eigenvalue weighted by atomic mass is 10.00. The smallest absolute Gasteiger partial charge is 0.214 e. The third kappa shape index (κ3) is 10.8. The Balaban J connectivity index is 1.22. The van der Waals surface area contributed by atoms with Crippen molar-refractivity contribution in [1.29, 1.82) is 0 Å². The highest BCUT2D eigenvalue weighted by Crippen LogP contribution is 2.45.